The number of unbranched alkanes of at least 4 members (excludes halogenated alkanes) is 3. The Morgan fingerprint density at radius 2 is 0.647 bits per heavy atom. The molecule has 17 heteroatoms. The molecule has 1 atom stereocenters. The van der Waals surface area contributed by atoms with Crippen molar-refractivity contribution >= 4 is 47.8 Å². The van der Waals surface area contributed by atoms with Gasteiger partial charge in [0.2, 0.25) is 0 Å². The molecule has 1 unspecified atom stereocenters. The van der Waals surface area contributed by atoms with Gasteiger partial charge in [0, 0.05) is 6.61 Å². The molecule has 0 heterocycles. The molecule has 286 valence electrons. The van der Waals surface area contributed by atoms with Crippen LogP contribution < -0.4 is 0 Å². The predicted octanol–water partition coefficient (Wildman–Crippen LogP) is 2.03. The fraction of sp³-hybridized carbons (Fsp3) is 0.588. The van der Waals surface area contributed by atoms with Crippen molar-refractivity contribution in [1.82, 2.24) is 0 Å². The number of carbonyl (C=O) groups excluding carboxylic acids is 8. The van der Waals surface area contributed by atoms with E-state index in [4.69, 9.17) is 33.2 Å². The van der Waals surface area contributed by atoms with Crippen molar-refractivity contribution in [2.24, 2.45) is 5.92 Å². The van der Waals surface area contributed by atoms with Gasteiger partial charge in [0.15, 0.2) is 5.92 Å². The van der Waals surface area contributed by atoms with Crippen LogP contribution in [0.25, 0.3) is 0 Å². The lowest BCUT2D eigenvalue weighted by Crippen LogP contribution is -2.32. The van der Waals surface area contributed by atoms with E-state index in [1.807, 2.05) is 0 Å². The topological polar surface area (TPSA) is 220 Å². The predicted molar refractivity (Wildman–Crippen MR) is 174 cm³/mol. The first-order valence-electron chi connectivity index (χ1n) is 16.3. The molecule has 0 radical (unpaired) electrons. The third-order valence-corrected chi connectivity index (χ3v) is 6.12. The van der Waals surface area contributed by atoms with E-state index < -0.39 is 70.4 Å². The highest BCUT2D eigenvalue weighted by atomic mass is 16.6. The monoisotopic (exact) mass is 728 g/mol. The van der Waals surface area contributed by atoms with E-state index in [0.29, 0.717) is 19.3 Å². The molecule has 0 N–H and O–H groups in total. The summed E-state index contributed by atoms with van der Waals surface area (Å²) in [7, 11) is 0. The molecular weight excluding hydrogens is 680 g/mol. The quantitative estimate of drug-likeness (QED) is 0.0281. The molecule has 0 rings (SSSR count). The molecule has 17 nitrogen and oxygen atoms in total. The lowest BCUT2D eigenvalue weighted by Gasteiger charge is -2.15. The van der Waals surface area contributed by atoms with E-state index in [9.17, 15) is 38.4 Å². The average Bonchev–Trinajstić information content (AvgIpc) is 3.11. The van der Waals surface area contributed by atoms with Crippen LogP contribution >= 0.6 is 0 Å². The minimum absolute atomic E-state index is 0.0615. The zero-order valence-electron chi connectivity index (χ0n) is 29.5. The average molecular weight is 729 g/mol. The molecule has 0 amide bonds. The van der Waals surface area contributed by atoms with Crippen LogP contribution in [-0.4, -0.2) is 114 Å². The largest absolute Gasteiger partial charge is 0.465 e. The minimum atomic E-state index is -1.34. The van der Waals surface area contributed by atoms with Crippen LogP contribution in [0.5, 0.6) is 0 Å². The Bertz CT molecular complexity index is 1240. The number of hydrogen-bond donors (Lipinski definition) is 0. The van der Waals surface area contributed by atoms with Gasteiger partial charge in [0.1, 0.15) is 16.7 Å². The summed E-state index contributed by atoms with van der Waals surface area (Å²) in [5.41, 5.74) is -1.40. The molecule has 0 aromatic rings. The van der Waals surface area contributed by atoms with Gasteiger partial charge in [-0.3, -0.25) is 9.59 Å². The van der Waals surface area contributed by atoms with Crippen molar-refractivity contribution in [3.8, 4) is 0 Å². The molecule has 0 aliphatic rings. The first-order valence-corrected chi connectivity index (χ1v) is 16.3. The van der Waals surface area contributed by atoms with E-state index in [-0.39, 0.29) is 85.3 Å². The molecule has 0 aliphatic carbocycles. The first-order chi connectivity index (χ1) is 24.3. The van der Waals surface area contributed by atoms with Crippen LogP contribution in [0.15, 0.2) is 36.5 Å². The highest BCUT2D eigenvalue weighted by molar-refractivity contribution is 6.14. The Morgan fingerprint density at radius 3 is 0.902 bits per heavy atom. The van der Waals surface area contributed by atoms with E-state index in [0.717, 1.165) is 0 Å². The summed E-state index contributed by atoms with van der Waals surface area (Å²) in [6.45, 7) is 14.4. The maximum absolute atomic E-state index is 12.5. The van der Waals surface area contributed by atoms with Crippen molar-refractivity contribution in [2.45, 2.75) is 59.3 Å². The summed E-state index contributed by atoms with van der Waals surface area (Å²) in [5.74, 6) is -8.64. The van der Waals surface area contributed by atoms with Crippen LogP contribution in [0.3, 0.4) is 0 Å². The zero-order valence-corrected chi connectivity index (χ0v) is 29.5. The standard InChI is InChI=1S/C34H48O17/c1-7-43-22-26(33(41)50-20-14-12-18-47-30(38)24(5)28(36)45-9-3)34(42)51-21-15-13-19-49-32(40)25(6)31(39)48-17-11-10-16-46-29(37)23(4)27(35)44-8-2/h26H,4-22H2,1-3H3. The molecule has 0 fully saturated rings. The summed E-state index contributed by atoms with van der Waals surface area (Å²) in [6.07, 6.45) is 1.68. The fourth-order valence-corrected chi connectivity index (χ4v) is 3.32. The second-order valence-electron chi connectivity index (χ2n) is 10.1. The number of hydrogen-bond acceptors (Lipinski definition) is 17. The Hall–Kier alpha value is -5.06. The Balaban J connectivity index is 4.27. The van der Waals surface area contributed by atoms with Gasteiger partial charge < -0.3 is 42.6 Å². The first kappa shape index (κ1) is 45.9. The lowest BCUT2D eigenvalue weighted by molar-refractivity contribution is -0.166. The number of esters is 8. The molecular formula is C34H48O17. The lowest BCUT2D eigenvalue weighted by atomic mass is 10.1. The van der Waals surface area contributed by atoms with Crippen LogP contribution in [-0.2, 0) is 81.0 Å². The molecule has 0 aromatic heterocycles. The summed E-state index contributed by atoms with van der Waals surface area (Å²) < 4.78 is 44.6. The van der Waals surface area contributed by atoms with Gasteiger partial charge in [-0.15, -0.1) is 0 Å². The third kappa shape index (κ3) is 20.3. The van der Waals surface area contributed by atoms with Crippen LogP contribution in [0.2, 0.25) is 0 Å². The highest BCUT2D eigenvalue weighted by Crippen LogP contribution is 2.09. The molecule has 0 bridgehead atoms. The maximum Gasteiger partial charge on any atom is 0.344 e. The van der Waals surface area contributed by atoms with Crippen molar-refractivity contribution < 1.29 is 81.0 Å². The summed E-state index contributed by atoms with van der Waals surface area (Å²) in [5, 5.41) is 0. The number of ether oxygens (including phenoxy) is 9. The Kier molecular flexibility index (Phi) is 25.0. The normalized spacial score (nSPS) is 10.8. The molecule has 51 heavy (non-hydrogen) atoms. The van der Waals surface area contributed by atoms with Crippen molar-refractivity contribution in [3.05, 3.63) is 36.5 Å². The molecule has 0 spiro atoms. The number of rotatable bonds is 28. The van der Waals surface area contributed by atoms with Gasteiger partial charge in [0.25, 0.3) is 0 Å². The second kappa shape index (κ2) is 27.7. The minimum Gasteiger partial charge on any atom is -0.465 e. The molecule has 0 saturated heterocycles. The highest BCUT2D eigenvalue weighted by Gasteiger charge is 2.30. The van der Waals surface area contributed by atoms with Crippen LogP contribution in [0, 0.1) is 5.92 Å². The van der Waals surface area contributed by atoms with Gasteiger partial charge in [-0.1, -0.05) is 19.7 Å². The van der Waals surface area contributed by atoms with Crippen molar-refractivity contribution in [3.63, 3.8) is 0 Å². The van der Waals surface area contributed by atoms with Gasteiger partial charge in [-0.05, 0) is 59.3 Å². The summed E-state index contributed by atoms with van der Waals surface area (Å²) >= 11 is 0. The van der Waals surface area contributed by atoms with Gasteiger partial charge >= 0.3 is 47.8 Å². The fourth-order valence-electron chi connectivity index (χ4n) is 3.32. The Labute approximate surface area is 296 Å². The Morgan fingerprint density at radius 1 is 0.392 bits per heavy atom. The van der Waals surface area contributed by atoms with Gasteiger partial charge in [-0.25, -0.2) is 28.8 Å². The van der Waals surface area contributed by atoms with Crippen molar-refractivity contribution in [1.29, 1.82) is 0 Å². The van der Waals surface area contributed by atoms with Crippen molar-refractivity contribution in [2.75, 3.05) is 66.1 Å². The SMILES string of the molecule is C=C(C(=O)OCC)C(=O)OCCCCOC(=O)C(=C)C(=O)OCCCCOC(=O)C(COCC)C(=O)OCCCCOC(=O)C(=C)C(=O)OCC. The second-order valence-corrected chi connectivity index (χ2v) is 10.1. The van der Waals surface area contributed by atoms with Gasteiger partial charge in [0.05, 0.1) is 59.5 Å². The van der Waals surface area contributed by atoms with E-state index in [1.165, 1.54) is 0 Å². The zero-order chi connectivity index (χ0) is 38.6. The van der Waals surface area contributed by atoms with E-state index in [2.05, 4.69) is 29.2 Å². The van der Waals surface area contributed by atoms with E-state index in [1.54, 1.807) is 20.8 Å². The van der Waals surface area contributed by atoms with Gasteiger partial charge in [-0.2, -0.15) is 0 Å². The molecule has 0 saturated carbocycles. The maximum atomic E-state index is 12.5. The molecule has 0 aliphatic heterocycles. The number of carbonyl (C=O) groups is 8. The van der Waals surface area contributed by atoms with E-state index >= 15 is 0 Å². The summed E-state index contributed by atoms with van der Waals surface area (Å²) in [6, 6.07) is 0. The smallest absolute Gasteiger partial charge is 0.344 e. The molecule has 0 aromatic carbocycles. The third-order valence-electron chi connectivity index (χ3n) is 6.12. The van der Waals surface area contributed by atoms with Crippen LogP contribution in [0.1, 0.15) is 59.3 Å². The summed E-state index contributed by atoms with van der Waals surface area (Å²) in [4.78, 5) is 95.5. The van der Waals surface area contributed by atoms with Crippen LogP contribution in [0.4, 0.5) is 0 Å².